The summed E-state index contributed by atoms with van der Waals surface area (Å²) in [6, 6.07) is 5.94. The molecule has 1 unspecified atom stereocenters. The van der Waals surface area contributed by atoms with Gasteiger partial charge in [0.05, 0.1) is 19.8 Å². The predicted octanol–water partition coefficient (Wildman–Crippen LogP) is 3.74. The topological polar surface area (TPSA) is 79.2 Å². The third-order valence-corrected chi connectivity index (χ3v) is 8.11. The molecule has 0 radical (unpaired) electrons. The number of hydrogen-bond donors (Lipinski definition) is 2. The summed E-state index contributed by atoms with van der Waals surface area (Å²) in [6.45, 7) is 5.45. The second-order valence-electron chi connectivity index (χ2n) is 10.5. The van der Waals surface area contributed by atoms with E-state index in [0.29, 0.717) is 31.4 Å². The van der Waals surface area contributed by atoms with Crippen molar-refractivity contribution in [3.63, 3.8) is 0 Å². The number of benzene rings is 1. The van der Waals surface area contributed by atoms with Gasteiger partial charge >= 0.3 is 0 Å². The molecule has 4 rings (SSSR count). The zero-order valence-electron chi connectivity index (χ0n) is 19.8. The summed E-state index contributed by atoms with van der Waals surface area (Å²) < 4.78 is 11.6. The number of nitrogens with zero attached hydrogens (tertiary/aromatic N) is 1. The number of methoxy groups -OCH3 is 1. The number of aliphatic hydroxyl groups is 2. The zero-order valence-corrected chi connectivity index (χ0v) is 19.8. The molecular weight excluding hydrogens is 406 g/mol. The van der Waals surface area contributed by atoms with Crippen LogP contribution >= 0.6 is 0 Å². The highest BCUT2D eigenvalue weighted by atomic mass is 16.5. The van der Waals surface area contributed by atoms with E-state index in [1.54, 1.807) is 18.9 Å². The Morgan fingerprint density at radius 2 is 1.88 bits per heavy atom. The second kappa shape index (κ2) is 9.60. The minimum Gasteiger partial charge on any atom is -0.493 e. The van der Waals surface area contributed by atoms with E-state index >= 15 is 0 Å². The van der Waals surface area contributed by atoms with E-state index in [1.807, 2.05) is 25.1 Å². The molecule has 0 spiro atoms. The van der Waals surface area contributed by atoms with Crippen LogP contribution in [0.4, 0.5) is 0 Å². The number of ether oxygens (including phenoxy) is 2. The maximum absolute atomic E-state index is 13.2. The van der Waals surface area contributed by atoms with Crippen LogP contribution in [0.25, 0.3) is 0 Å². The molecule has 1 aliphatic heterocycles. The Kier molecular flexibility index (Phi) is 7.01. The number of hydrogen-bond acceptors (Lipinski definition) is 5. The van der Waals surface area contributed by atoms with Crippen molar-refractivity contribution in [2.75, 3.05) is 26.8 Å². The third-order valence-electron chi connectivity index (χ3n) is 8.11. The molecule has 1 amide bonds. The Morgan fingerprint density at radius 3 is 2.50 bits per heavy atom. The molecule has 1 saturated heterocycles. The van der Waals surface area contributed by atoms with Gasteiger partial charge < -0.3 is 24.6 Å². The average Bonchev–Trinajstić information content (AvgIpc) is 3.57. The Bertz CT molecular complexity index is 801. The molecule has 0 aromatic heterocycles. The largest absolute Gasteiger partial charge is 0.493 e. The Hall–Kier alpha value is -1.79. The lowest BCUT2D eigenvalue weighted by Gasteiger charge is -2.34. The summed E-state index contributed by atoms with van der Waals surface area (Å²) in [5.74, 6) is 1.86. The maximum Gasteiger partial charge on any atom is 0.251 e. The summed E-state index contributed by atoms with van der Waals surface area (Å²) in [5.41, 5.74) is 0.520. The van der Waals surface area contributed by atoms with Crippen molar-refractivity contribution in [3.05, 3.63) is 23.8 Å². The van der Waals surface area contributed by atoms with Crippen LogP contribution in [-0.2, 0) is 4.79 Å². The molecule has 4 atom stereocenters. The van der Waals surface area contributed by atoms with Gasteiger partial charge in [-0.05, 0) is 62.1 Å². The number of carbonyl (C=O) groups excluding carboxylic acids is 1. The summed E-state index contributed by atoms with van der Waals surface area (Å²) in [7, 11) is 1.64. The minimum absolute atomic E-state index is 0.0523. The van der Waals surface area contributed by atoms with Crippen LogP contribution in [0.3, 0.4) is 0 Å². The molecule has 1 aromatic carbocycles. The van der Waals surface area contributed by atoms with Crippen molar-refractivity contribution in [3.8, 4) is 11.5 Å². The van der Waals surface area contributed by atoms with Crippen LogP contribution in [0.15, 0.2) is 18.2 Å². The van der Waals surface area contributed by atoms with Gasteiger partial charge in [-0.15, -0.1) is 0 Å². The van der Waals surface area contributed by atoms with E-state index in [0.717, 1.165) is 37.0 Å². The van der Waals surface area contributed by atoms with Crippen molar-refractivity contribution in [1.82, 2.24) is 4.90 Å². The monoisotopic (exact) mass is 445 g/mol. The number of aliphatic hydroxyl groups excluding tert-OH is 2. The Labute approximate surface area is 191 Å². The summed E-state index contributed by atoms with van der Waals surface area (Å²) in [4.78, 5) is 15.0. The van der Waals surface area contributed by atoms with Crippen LogP contribution in [0.1, 0.15) is 70.3 Å². The molecule has 1 heterocycles. The van der Waals surface area contributed by atoms with E-state index in [9.17, 15) is 15.0 Å². The number of rotatable bonds is 8. The van der Waals surface area contributed by atoms with Gasteiger partial charge in [0.2, 0.25) is 0 Å². The first kappa shape index (κ1) is 23.4. The first-order valence-electron chi connectivity index (χ1n) is 12.3. The van der Waals surface area contributed by atoms with E-state index in [2.05, 4.69) is 0 Å². The van der Waals surface area contributed by atoms with Crippen molar-refractivity contribution < 1.29 is 24.5 Å². The third kappa shape index (κ3) is 4.76. The van der Waals surface area contributed by atoms with E-state index in [4.69, 9.17) is 9.47 Å². The van der Waals surface area contributed by atoms with Crippen molar-refractivity contribution in [1.29, 1.82) is 0 Å². The smallest absolute Gasteiger partial charge is 0.251 e. The number of likely N-dealkylation sites (tertiary alicyclic amines) is 1. The van der Waals surface area contributed by atoms with Gasteiger partial charge in [-0.3, -0.25) is 4.79 Å². The molecule has 32 heavy (non-hydrogen) atoms. The fourth-order valence-electron chi connectivity index (χ4n) is 5.45. The molecule has 2 aliphatic carbocycles. The fraction of sp³-hybridized carbons (Fsp3) is 0.731. The lowest BCUT2D eigenvalue weighted by Crippen LogP contribution is -2.44. The molecular formula is C26H39NO5. The van der Waals surface area contributed by atoms with Gasteiger partial charge in [0, 0.05) is 24.4 Å². The highest BCUT2D eigenvalue weighted by Gasteiger charge is 2.49. The van der Waals surface area contributed by atoms with Gasteiger partial charge in [-0.1, -0.05) is 32.3 Å². The minimum atomic E-state index is -0.944. The molecule has 6 heteroatoms. The molecule has 2 saturated carbocycles. The van der Waals surface area contributed by atoms with Crippen LogP contribution in [0, 0.1) is 17.3 Å². The zero-order chi connectivity index (χ0) is 22.9. The van der Waals surface area contributed by atoms with Crippen molar-refractivity contribution >= 4 is 5.91 Å². The van der Waals surface area contributed by atoms with Gasteiger partial charge in [0.1, 0.15) is 6.10 Å². The quantitative estimate of drug-likeness (QED) is 0.637. The number of carbonyl (C=O) groups is 1. The lowest BCUT2D eigenvalue weighted by atomic mass is 9.72. The summed E-state index contributed by atoms with van der Waals surface area (Å²) in [6.07, 6.45) is 6.06. The van der Waals surface area contributed by atoms with Crippen LogP contribution in [0.2, 0.25) is 0 Å². The first-order chi connectivity index (χ1) is 15.3. The first-order valence-corrected chi connectivity index (χ1v) is 12.3. The summed E-state index contributed by atoms with van der Waals surface area (Å²) >= 11 is 0. The Morgan fingerprint density at radius 1 is 1.16 bits per heavy atom. The maximum atomic E-state index is 13.2. The molecule has 1 aromatic rings. The summed E-state index contributed by atoms with van der Waals surface area (Å²) in [5, 5.41) is 21.5. The van der Waals surface area contributed by atoms with E-state index in [1.165, 1.54) is 19.3 Å². The molecule has 2 N–H and O–H groups in total. The van der Waals surface area contributed by atoms with Gasteiger partial charge in [0.15, 0.2) is 11.5 Å². The fourth-order valence-corrected chi connectivity index (χ4v) is 5.45. The highest BCUT2D eigenvalue weighted by Crippen LogP contribution is 2.47. The standard InChI is InChI=1S/C26H39NO5/c1-17(28)26(2)16-27(25(30)24(29)19-7-5-4-6-8-19)14-21(26)20-11-12-22(31-3)23(13-20)32-15-18-9-10-18/h11-13,17-19,21,24,28-29H,4-10,14-16H2,1-3H3/t17-,21+,24?,26+/m1/s1. The highest BCUT2D eigenvalue weighted by molar-refractivity contribution is 5.81. The second-order valence-corrected chi connectivity index (χ2v) is 10.5. The SMILES string of the molecule is COc1ccc([C@@H]2CN(C(=O)C(O)C3CCCCC3)C[C@@]2(C)[C@@H](C)O)cc1OCC1CC1. The van der Waals surface area contributed by atoms with Gasteiger partial charge in [-0.2, -0.15) is 0 Å². The molecule has 6 nitrogen and oxygen atoms in total. The van der Waals surface area contributed by atoms with Crippen molar-refractivity contribution in [2.45, 2.75) is 76.9 Å². The lowest BCUT2D eigenvalue weighted by molar-refractivity contribution is -0.143. The molecule has 178 valence electrons. The molecule has 0 bridgehead atoms. The normalized spacial score (nSPS) is 28.4. The average molecular weight is 446 g/mol. The molecule has 3 aliphatic rings. The van der Waals surface area contributed by atoms with Crippen LogP contribution in [-0.4, -0.2) is 60.0 Å². The van der Waals surface area contributed by atoms with Gasteiger partial charge in [0.25, 0.3) is 5.91 Å². The van der Waals surface area contributed by atoms with Crippen LogP contribution in [0.5, 0.6) is 11.5 Å². The molecule has 3 fully saturated rings. The van der Waals surface area contributed by atoms with Gasteiger partial charge in [-0.25, -0.2) is 0 Å². The van der Waals surface area contributed by atoms with E-state index in [-0.39, 0.29) is 17.7 Å². The van der Waals surface area contributed by atoms with Crippen LogP contribution < -0.4 is 9.47 Å². The number of amides is 1. The predicted molar refractivity (Wildman–Crippen MR) is 123 cm³/mol. The van der Waals surface area contributed by atoms with E-state index < -0.39 is 17.6 Å². The Balaban J connectivity index is 1.55. The van der Waals surface area contributed by atoms with Crippen molar-refractivity contribution in [2.24, 2.45) is 17.3 Å².